The molecule has 0 saturated carbocycles. The first-order valence-electron chi connectivity index (χ1n) is 6.95. The molecular weight excluding hydrogens is 290 g/mol. The maximum atomic E-state index is 12.3. The Morgan fingerprint density at radius 1 is 1.29 bits per heavy atom. The highest BCUT2D eigenvalue weighted by Gasteiger charge is 2.19. The fraction of sp³-hybridized carbons (Fsp3) is 0.615. The average molecular weight is 315 g/mol. The second-order valence-corrected chi connectivity index (χ2v) is 7.07. The molecule has 0 aromatic carbocycles. The Kier molecular flexibility index (Phi) is 6.53. The van der Waals surface area contributed by atoms with Crippen molar-refractivity contribution >= 4 is 15.7 Å². The highest BCUT2D eigenvalue weighted by Crippen LogP contribution is 2.17. The second kappa shape index (κ2) is 7.69. The largest absolute Gasteiger partial charge is 0.323 e. The summed E-state index contributed by atoms with van der Waals surface area (Å²) in [6.07, 6.45) is 2.76. The van der Waals surface area contributed by atoms with Crippen LogP contribution in [0.3, 0.4) is 0 Å². The number of sulfonamides is 1. The minimum Gasteiger partial charge on any atom is -0.323 e. The Morgan fingerprint density at radius 3 is 2.43 bits per heavy atom. The summed E-state index contributed by atoms with van der Waals surface area (Å²) in [4.78, 5) is 6.10. The summed E-state index contributed by atoms with van der Waals surface area (Å²) >= 11 is 0. The lowest BCUT2D eigenvalue weighted by Gasteiger charge is -2.30. The van der Waals surface area contributed by atoms with Crippen molar-refractivity contribution in [3.05, 3.63) is 18.5 Å². The zero-order valence-corrected chi connectivity index (χ0v) is 13.8. The summed E-state index contributed by atoms with van der Waals surface area (Å²) in [7, 11) is -3.63. The van der Waals surface area contributed by atoms with Gasteiger partial charge in [-0.3, -0.25) is 15.7 Å². The molecular formula is C13H25N5O2S. The van der Waals surface area contributed by atoms with Gasteiger partial charge in [-0.05, 0) is 33.8 Å². The minimum atomic E-state index is -3.63. The second-order valence-electron chi connectivity index (χ2n) is 5.34. The first kappa shape index (κ1) is 17.8. The van der Waals surface area contributed by atoms with Gasteiger partial charge < -0.3 is 5.43 Å². The zero-order valence-electron chi connectivity index (χ0n) is 13.0. The first-order valence-corrected chi connectivity index (χ1v) is 8.44. The molecule has 0 aliphatic carbocycles. The van der Waals surface area contributed by atoms with E-state index >= 15 is 0 Å². The van der Waals surface area contributed by atoms with Crippen LogP contribution in [0.25, 0.3) is 0 Å². The minimum absolute atomic E-state index is 0.0492. The van der Waals surface area contributed by atoms with Crippen LogP contribution in [0.2, 0.25) is 0 Å². The monoisotopic (exact) mass is 315 g/mol. The molecule has 0 unspecified atom stereocenters. The molecule has 0 bridgehead atoms. The molecule has 1 rings (SSSR count). The number of anilines is 1. The number of nitrogen functional groups attached to an aromatic ring is 1. The van der Waals surface area contributed by atoms with Crippen molar-refractivity contribution in [1.29, 1.82) is 0 Å². The van der Waals surface area contributed by atoms with Crippen LogP contribution in [-0.2, 0) is 10.0 Å². The van der Waals surface area contributed by atoms with E-state index in [9.17, 15) is 8.42 Å². The molecule has 4 N–H and O–H groups in total. The third-order valence-electron chi connectivity index (χ3n) is 3.22. The van der Waals surface area contributed by atoms with E-state index in [1.165, 1.54) is 18.5 Å². The quantitative estimate of drug-likeness (QED) is 0.484. The van der Waals surface area contributed by atoms with Crippen molar-refractivity contribution in [2.45, 2.75) is 44.7 Å². The number of aromatic nitrogens is 1. The van der Waals surface area contributed by atoms with Crippen LogP contribution in [0.4, 0.5) is 5.69 Å². The van der Waals surface area contributed by atoms with E-state index < -0.39 is 10.0 Å². The summed E-state index contributed by atoms with van der Waals surface area (Å²) in [5.41, 5.74) is 2.69. The molecule has 120 valence electrons. The number of nitrogens with two attached hydrogens (primary N) is 1. The standard InChI is InChI=1S/C13H25N5O2S/c1-10(2)18(11(3)4)8-7-16-21(19,20)13-9-15-6-5-12(13)17-14/h5-6,9-11,16H,7-8,14H2,1-4H3,(H,15,17). The van der Waals surface area contributed by atoms with Gasteiger partial charge in [-0.1, -0.05) is 0 Å². The Hall–Kier alpha value is -1.22. The van der Waals surface area contributed by atoms with E-state index in [1.54, 1.807) is 0 Å². The van der Waals surface area contributed by atoms with Crippen LogP contribution < -0.4 is 16.0 Å². The van der Waals surface area contributed by atoms with E-state index in [0.29, 0.717) is 30.9 Å². The smallest absolute Gasteiger partial charge is 0.244 e. The zero-order chi connectivity index (χ0) is 16.0. The lowest BCUT2D eigenvalue weighted by molar-refractivity contribution is 0.179. The fourth-order valence-electron chi connectivity index (χ4n) is 2.21. The summed E-state index contributed by atoms with van der Waals surface area (Å²) in [6, 6.07) is 2.23. The van der Waals surface area contributed by atoms with Crippen LogP contribution in [0.1, 0.15) is 27.7 Å². The Balaban J connectivity index is 2.74. The van der Waals surface area contributed by atoms with Gasteiger partial charge in [0.15, 0.2) is 0 Å². The number of pyridine rings is 1. The van der Waals surface area contributed by atoms with Crippen LogP contribution in [0, 0.1) is 0 Å². The van der Waals surface area contributed by atoms with Crippen molar-refractivity contribution in [2.75, 3.05) is 18.5 Å². The molecule has 0 saturated heterocycles. The van der Waals surface area contributed by atoms with Crippen molar-refractivity contribution in [3.63, 3.8) is 0 Å². The van der Waals surface area contributed by atoms with Gasteiger partial charge in [0, 0.05) is 37.6 Å². The summed E-state index contributed by atoms with van der Waals surface area (Å²) in [5, 5.41) is 0. The molecule has 8 heteroatoms. The summed E-state index contributed by atoms with van der Waals surface area (Å²) in [6.45, 7) is 9.33. The first-order chi connectivity index (χ1) is 9.79. The molecule has 0 aliphatic rings. The number of hydrazine groups is 1. The Labute approximate surface area is 127 Å². The maximum Gasteiger partial charge on any atom is 0.244 e. The number of rotatable bonds is 8. The van der Waals surface area contributed by atoms with E-state index in [1.807, 2.05) is 0 Å². The van der Waals surface area contributed by atoms with Crippen molar-refractivity contribution in [3.8, 4) is 0 Å². The lowest BCUT2D eigenvalue weighted by atomic mass is 10.2. The van der Waals surface area contributed by atoms with Crippen LogP contribution in [0.15, 0.2) is 23.4 Å². The van der Waals surface area contributed by atoms with E-state index in [4.69, 9.17) is 5.84 Å². The van der Waals surface area contributed by atoms with Crippen molar-refractivity contribution in [2.24, 2.45) is 5.84 Å². The van der Waals surface area contributed by atoms with Gasteiger partial charge in [-0.2, -0.15) is 0 Å². The SMILES string of the molecule is CC(C)N(CCNS(=O)(=O)c1cnccc1NN)C(C)C. The van der Waals surface area contributed by atoms with E-state index in [2.05, 4.69) is 47.7 Å². The van der Waals surface area contributed by atoms with Gasteiger partial charge in [0.1, 0.15) is 4.90 Å². The van der Waals surface area contributed by atoms with Gasteiger partial charge in [0.25, 0.3) is 0 Å². The molecule has 0 amide bonds. The van der Waals surface area contributed by atoms with Crippen LogP contribution >= 0.6 is 0 Å². The number of hydrogen-bond donors (Lipinski definition) is 3. The van der Waals surface area contributed by atoms with Gasteiger partial charge in [0.2, 0.25) is 10.0 Å². The van der Waals surface area contributed by atoms with Gasteiger partial charge >= 0.3 is 0 Å². The molecule has 21 heavy (non-hydrogen) atoms. The maximum absolute atomic E-state index is 12.3. The normalized spacial score (nSPS) is 12.4. The highest BCUT2D eigenvalue weighted by atomic mass is 32.2. The third kappa shape index (κ3) is 4.92. The molecule has 1 heterocycles. The van der Waals surface area contributed by atoms with Crippen molar-refractivity contribution in [1.82, 2.24) is 14.6 Å². The molecule has 0 radical (unpaired) electrons. The lowest BCUT2D eigenvalue weighted by Crippen LogP contribution is -2.42. The summed E-state index contributed by atoms with van der Waals surface area (Å²) < 4.78 is 27.1. The molecule has 7 nitrogen and oxygen atoms in total. The number of nitrogens with one attached hydrogen (secondary N) is 2. The topological polar surface area (TPSA) is 100 Å². The van der Waals surface area contributed by atoms with Crippen LogP contribution in [-0.4, -0.2) is 43.5 Å². The molecule has 0 fully saturated rings. The third-order valence-corrected chi connectivity index (χ3v) is 4.71. The van der Waals surface area contributed by atoms with Gasteiger partial charge in [-0.15, -0.1) is 0 Å². The molecule has 0 aliphatic heterocycles. The highest BCUT2D eigenvalue weighted by molar-refractivity contribution is 7.89. The number of nitrogens with zero attached hydrogens (tertiary/aromatic N) is 2. The van der Waals surface area contributed by atoms with E-state index in [-0.39, 0.29) is 4.90 Å². The number of hydrogen-bond acceptors (Lipinski definition) is 6. The Morgan fingerprint density at radius 2 is 1.90 bits per heavy atom. The van der Waals surface area contributed by atoms with Crippen molar-refractivity contribution < 1.29 is 8.42 Å². The molecule has 0 spiro atoms. The van der Waals surface area contributed by atoms with Gasteiger partial charge in [-0.25, -0.2) is 13.1 Å². The van der Waals surface area contributed by atoms with E-state index in [0.717, 1.165) is 0 Å². The fourth-order valence-corrected chi connectivity index (χ4v) is 3.34. The predicted molar refractivity (Wildman–Crippen MR) is 84.2 cm³/mol. The van der Waals surface area contributed by atoms with Crippen LogP contribution in [0.5, 0.6) is 0 Å². The average Bonchev–Trinajstić information content (AvgIpc) is 2.42. The summed E-state index contributed by atoms with van der Waals surface area (Å²) in [5.74, 6) is 5.33. The predicted octanol–water partition coefficient (Wildman–Crippen LogP) is 0.764. The molecule has 1 aromatic rings. The Bertz CT molecular complexity index is 537. The molecule has 0 atom stereocenters. The molecule has 1 aromatic heterocycles. The van der Waals surface area contributed by atoms with Gasteiger partial charge in [0.05, 0.1) is 5.69 Å².